The van der Waals surface area contributed by atoms with Gasteiger partial charge in [0.05, 0.1) is 12.5 Å². The SMILES string of the molecule is O=C(O)CC(NC(=O)N1CC2CCC1C2)c1ccccc1. The number of carboxylic acid groups (broad SMARTS) is 1. The van der Waals surface area contributed by atoms with Crippen LogP contribution in [0, 0.1) is 5.92 Å². The number of rotatable bonds is 4. The van der Waals surface area contributed by atoms with Gasteiger partial charge in [-0.05, 0) is 30.7 Å². The zero-order valence-corrected chi connectivity index (χ0v) is 11.9. The van der Waals surface area contributed by atoms with Gasteiger partial charge in [-0.15, -0.1) is 0 Å². The molecule has 1 heterocycles. The second-order valence-electron chi connectivity index (χ2n) is 6.00. The van der Waals surface area contributed by atoms with Gasteiger partial charge in [-0.1, -0.05) is 30.3 Å². The quantitative estimate of drug-likeness (QED) is 0.893. The molecule has 112 valence electrons. The Hall–Kier alpha value is -2.04. The van der Waals surface area contributed by atoms with Gasteiger partial charge in [0, 0.05) is 12.6 Å². The van der Waals surface area contributed by atoms with Gasteiger partial charge in [-0.2, -0.15) is 0 Å². The molecule has 1 aromatic carbocycles. The van der Waals surface area contributed by atoms with Crippen molar-refractivity contribution in [2.45, 2.75) is 37.8 Å². The van der Waals surface area contributed by atoms with Gasteiger partial charge in [-0.3, -0.25) is 4.79 Å². The van der Waals surface area contributed by atoms with Crippen molar-refractivity contribution in [3.8, 4) is 0 Å². The molecule has 3 rings (SSSR count). The van der Waals surface area contributed by atoms with E-state index in [1.165, 1.54) is 6.42 Å². The van der Waals surface area contributed by atoms with Crippen molar-refractivity contribution in [2.24, 2.45) is 5.92 Å². The van der Waals surface area contributed by atoms with Gasteiger partial charge < -0.3 is 15.3 Å². The summed E-state index contributed by atoms with van der Waals surface area (Å²) in [6.07, 6.45) is 3.29. The third-order valence-electron chi connectivity index (χ3n) is 4.55. The molecule has 2 fully saturated rings. The van der Waals surface area contributed by atoms with E-state index in [0.29, 0.717) is 12.0 Å². The molecule has 0 aromatic heterocycles. The number of carbonyl (C=O) groups excluding carboxylic acids is 1. The Balaban J connectivity index is 1.69. The summed E-state index contributed by atoms with van der Waals surface area (Å²) in [6.45, 7) is 0.811. The van der Waals surface area contributed by atoms with Crippen molar-refractivity contribution in [1.29, 1.82) is 0 Å². The molecule has 2 bridgehead atoms. The second kappa shape index (κ2) is 5.76. The molecular formula is C16H20N2O3. The number of hydrogen-bond acceptors (Lipinski definition) is 2. The topological polar surface area (TPSA) is 69.6 Å². The van der Waals surface area contributed by atoms with Crippen LogP contribution in [0.15, 0.2) is 30.3 Å². The average molecular weight is 288 g/mol. The molecule has 21 heavy (non-hydrogen) atoms. The smallest absolute Gasteiger partial charge is 0.318 e. The summed E-state index contributed by atoms with van der Waals surface area (Å²) in [4.78, 5) is 25.4. The van der Waals surface area contributed by atoms with Crippen molar-refractivity contribution in [3.05, 3.63) is 35.9 Å². The molecule has 3 atom stereocenters. The lowest BCUT2D eigenvalue weighted by Crippen LogP contribution is -2.45. The number of piperidine rings is 1. The Bertz CT molecular complexity index is 532. The molecule has 1 aliphatic carbocycles. The Morgan fingerprint density at radius 3 is 2.62 bits per heavy atom. The first kappa shape index (κ1) is 13.9. The van der Waals surface area contributed by atoms with Crippen LogP contribution in [-0.2, 0) is 4.79 Å². The standard InChI is InChI=1S/C16H20N2O3/c19-15(20)9-14(12-4-2-1-3-5-12)17-16(21)18-10-11-6-7-13(18)8-11/h1-5,11,13-14H,6-10H2,(H,17,21)(H,19,20). The summed E-state index contributed by atoms with van der Waals surface area (Å²) in [7, 11) is 0. The van der Waals surface area contributed by atoms with Gasteiger partial charge in [0.15, 0.2) is 0 Å². The molecule has 2 aliphatic rings. The first-order valence-corrected chi connectivity index (χ1v) is 7.47. The maximum absolute atomic E-state index is 12.4. The summed E-state index contributed by atoms with van der Waals surface area (Å²) in [5, 5.41) is 12.0. The highest BCUT2D eigenvalue weighted by atomic mass is 16.4. The average Bonchev–Trinajstić information content (AvgIpc) is 3.09. The molecule has 0 spiro atoms. The normalized spacial score (nSPS) is 24.9. The van der Waals surface area contributed by atoms with E-state index in [1.807, 2.05) is 35.2 Å². The monoisotopic (exact) mass is 288 g/mol. The summed E-state index contributed by atoms with van der Waals surface area (Å²) >= 11 is 0. The fourth-order valence-corrected chi connectivity index (χ4v) is 3.52. The minimum atomic E-state index is -0.910. The largest absolute Gasteiger partial charge is 0.481 e. The molecule has 2 amide bonds. The molecule has 1 aromatic rings. The third kappa shape index (κ3) is 3.01. The lowest BCUT2D eigenvalue weighted by molar-refractivity contribution is -0.137. The third-order valence-corrected chi connectivity index (χ3v) is 4.55. The predicted molar refractivity (Wildman–Crippen MR) is 77.8 cm³/mol. The first-order chi connectivity index (χ1) is 10.1. The Morgan fingerprint density at radius 1 is 1.29 bits per heavy atom. The Labute approximate surface area is 123 Å². The number of carbonyl (C=O) groups is 2. The van der Waals surface area contributed by atoms with Crippen molar-refractivity contribution in [3.63, 3.8) is 0 Å². The Morgan fingerprint density at radius 2 is 2.05 bits per heavy atom. The number of urea groups is 1. The highest BCUT2D eigenvalue weighted by Gasteiger charge is 2.40. The van der Waals surface area contributed by atoms with Crippen LogP contribution in [0.4, 0.5) is 4.79 Å². The number of benzene rings is 1. The predicted octanol–water partition coefficient (Wildman–Crippen LogP) is 2.40. The van der Waals surface area contributed by atoms with Crippen LogP contribution in [-0.4, -0.2) is 34.6 Å². The maximum Gasteiger partial charge on any atom is 0.318 e. The number of fused-ring (bicyclic) bond motifs is 2. The Kier molecular flexibility index (Phi) is 3.82. The number of amides is 2. The van der Waals surface area contributed by atoms with Crippen LogP contribution >= 0.6 is 0 Å². The van der Waals surface area contributed by atoms with E-state index in [2.05, 4.69) is 5.32 Å². The fraction of sp³-hybridized carbons (Fsp3) is 0.500. The van der Waals surface area contributed by atoms with E-state index in [4.69, 9.17) is 5.11 Å². The highest BCUT2D eigenvalue weighted by molar-refractivity contribution is 5.77. The number of nitrogens with zero attached hydrogens (tertiary/aromatic N) is 1. The lowest BCUT2D eigenvalue weighted by Gasteiger charge is -2.29. The second-order valence-corrected chi connectivity index (χ2v) is 6.00. The van der Waals surface area contributed by atoms with Crippen molar-refractivity contribution in [2.75, 3.05) is 6.54 Å². The van der Waals surface area contributed by atoms with Crippen LogP contribution in [0.3, 0.4) is 0 Å². The number of hydrogen-bond donors (Lipinski definition) is 2. The molecular weight excluding hydrogens is 268 g/mol. The molecule has 5 nitrogen and oxygen atoms in total. The van der Waals surface area contributed by atoms with Crippen LogP contribution in [0.1, 0.15) is 37.3 Å². The molecule has 1 saturated heterocycles. The lowest BCUT2D eigenvalue weighted by atomic mass is 10.0. The van der Waals surface area contributed by atoms with E-state index in [1.54, 1.807) is 0 Å². The van der Waals surface area contributed by atoms with E-state index < -0.39 is 12.0 Å². The first-order valence-electron chi connectivity index (χ1n) is 7.47. The molecule has 0 radical (unpaired) electrons. The van der Waals surface area contributed by atoms with Crippen LogP contribution < -0.4 is 5.32 Å². The zero-order chi connectivity index (χ0) is 14.8. The molecule has 3 unspecified atom stereocenters. The number of aliphatic carboxylic acids is 1. The molecule has 2 N–H and O–H groups in total. The number of nitrogens with one attached hydrogen (secondary N) is 1. The van der Waals surface area contributed by atoms with Gasteiger partial charge >= 0.3 is 12.0 Å². The summed E-state index contributed by atoms with van der Waals surface area (Å²) in [6, 6.07) is 9.03. The highest BCUT2D eigenvalue weighted by Crippen LogP contribution is 2.37. The van der Waals surface area contributed by atoms with E-state index in [0.717, 1.165) is 24.9 Å². The van der Waals surface area contributed by atoms with Crippen LogP contribution in [0.2, 0.25) is 0 Å². The summed E-state index contributed by atoms with van der Waals surface area (Å²) < 4.78 is 0. The maximum atomic E-state index is 12.4. The van der Waals surface area contributed by atoms with E-state index in [9.17, 15) is 9.59 Å². The van der Waals surface area contributed by atoms with Crippen LogP contribution in [0.5, 0.6) is 0 Å². The molecule has 5 heteroatoms. The van der Waals surface area contributed by atoms with Gasteiger partial charge in [-0.25, -0.2) is 4.79 Å². The van der Waals surface area contributed by atoms with Crippen LogP contribution in [0.25, 0.3) is 0 Å². The molecule has 1 saturated carbocycles. The fourth-order valence-electron chi connectivity index (χ4n) is 3.52. The van der Waals surface area contributed by atoms with E-state index >= 15 is 0 Å². The summed E-state index contributed by atoms with van der Waals surface area (Å²) in [5.74, 6) is -0.275. The van der Waals surface area contributed by atoms with Gasteiger partial charge in [0.25, 0.3) is 0 Å². The minimum Gasteiger partial charge on any atom is -0.481 e. The van der Waals surface area contributed by atoms with Gasteiger partial charge in [0.2, 0.25) is 0 Å². The van der Waals surface area contributed by atoms with E-state index in [-0.39, 0.29) is 12.5 Å². The number of likely N-dealkylation sites (tertiary alicyclic amines) is 1. The minimum absolute atomic E-state index is 0.0995. The van der Waals surface area contributed by atoms with Crippen molar-refractivity contribution in [1.82, 2.24) is 10.2 Å². The van der Waals surface area contributed by atoms with Crippen molar-refractivity contribution >= 4 is 12.0 Å². The molecule has 1 aliphatic heterocycles. The van der Waals surface area contributed by atoms with Crippen molar-refractivity contribution < 1.29 is 14.7 Å². The number of carboxylic acids is 1. The summed E-state index contributed by atoms with van der Waals surface area (Å²) in [5.41, 5.74) is 0.831. The van der Waals surface area contributed by atoms with Gasteiger partial charge in [0.1, 0.15) is 0 Å². The zero-order valence-electron chi connectivity index (χ0n) is 11.9.